The van der Waals surface area contributed by atoms with Gasteiger partial charge >= 0.3 is 5.97 Å². The van der Waals surface area contributed by atoms with Crippen LogP contribution in [0.5, 0.6) is 5.75 Å². The number of hydrogen-bond acceptors (Lipinski definition) is 4. The molecule has 0 bridgehead atoms. The van der Waals surface area contributed by atoms with E-state index in [9.17, 15) is 9.90 Å². The topological polar surface area (TPSA) is 78.8 Å². The monoisotopic (exact) mass is 323 g/mol. The molecular formula is C18H29NO4. The summed E-state index contributed by atoms with van der Waals surface area (Å²) in [6.45, 7) is 7.18. The van der Waals surface area contributed by atoms with Gasteiger partial charge in [0.15, 0.2) is 0 Å². The lowest BCUT2D eigenvalue weighted by Gasteiger charge is -2.18. The van der Waals surface area contributed by atoms with Crippen LogP contribution in [0.25, 0.3) is 0 Å². The van der Waals surface area contributed by atoms with Gasteiger partial charge in [-0.1, -0.05) is 32.9 Å². The molecular weight excluding hydrogens is 294 g/mol. The third-order valence-corrected chi connectivity index (χ3v) is 3.55. The number of carbonyl (C=O) groups is 1. The summed E-state index contributed by atoms with van der Waals surface area (Å²) >= 11 is 0. The number of aliphatic hydroxyl groups excluding tert-OH is 1. The van der Waals surface area contributed by atoms with E-state index in [0.29, 0.717) is 31.9 Å². The molecule has 0 aliphatic heterocycles. The van der Waals surface area contributed by atoms with Gasteiger partial charge in [0.2, 0.25) is 0 Å². The molecule has 23 heavy (non-hydrogen) atoms. The maximum atomic E-state index is 11.2. The zero-order chi connectivity index (χ0) is 17.2. The van der Waals surface area contributed by atoms with E-state index in [4.69, 9.17) is 9.84 Å². The molecule has 2 atom stereocenters. The minimum absolute atomic E-state index is 0.309. The van der Waals surface area contributed by atoms with E-state index in [-0.39, 0.29) is 0 Å². The Bertz CT molecular complexity index is 459. The van der Waals surface area contributed by atoms with Crippen LogP contribution >= 0.6 is 0 Å². The number of aliphatic hydroxyl groups is 1. The summed E-state index contributed by atoms with van der Waals surface area (Å²) in [5.74, 6) is 0.263. The van der Waals surface area contributed by atoms with Crippen molar-refractivity contribution >= 4 is 5.97 Å². The summed E-state index contributed by atoms with van der Waals surface area (Å²) in [4.78, 5) is 11.2. The highest BCUT2D eigenvalue weighted by Crippen LogP contribution is 2.20. The third kappa shape index (κ3) is 7.48. The molecule has 0 aliphatic carbocycles. The Labute approximate surface area is 138 Å². The van der Waals surface area contributed by atoms with Gasteiger partial charge < -0.3 is 20.3 Å². The summed E-state index contributed by atoms with van der Waals surface area (Å²) < 4.78 is 5.51. The number of ether oxygens (including phenoxy) is 1. The van der Waals surface area contributed by atoms with Crippen LogP contribution in [-0.4, -0.2) is 35.4 Å². The highest BCUT2D eigenvalue weighted by molar-refractivity contribution is 5.73. The molecule has 0 radical (unpaired) electrons. The minimum atomic E-state index is -0.842. The van der Waals surface area contributed by atoms with Crippen LogP contribution < -0.4 is 10.1 Å². The largest absolute Gasteiger partial charge is 0.494 e. The molecule has 0 unspecified atom stereocenters. The molecule has 0 saturated carbocycles. The maximum Gasteiger partial charge on any atom is 0.320 e. The fraction of sp³-hybridized carbons (Fsp3) is 0.611. The minimum Gasteiger partial charge on any atom is -0.494 e. The molecule has 0 fully saturated rings. The van der Waals surface area contributed by atoms with E-state index >= 15 is 0 Å². The molecule has 3 N–H and O–H groups in total. The summed E-state index contributed by atoms with van der Waals surface area (Å²) in [5.41, 5.74) is 0.811. The van der Waals surface area contributed by atoms with E-state index in [0.717, 1.165) is 17.7 Å². The first-order valence-electron chi connectivity index (χ1n) is 8.31. The number of hydrogen-bond donors (Lipinski definition) is 3. The molecule has 1 rings (SSSR count). The van der Waals surface area contributed by atoms with Crippen LogP contribution in [0.4, 0.5) is 0 Å². The van der Waals surface area contributed by atoms with Crippen molar-refractivity contribution in [3.05, 3.63) is 29.8 Å². The summed E-state index contributed by atoms with van der Waals surface area (Å²) in [6.07, 6.45) is 1.39. The molecule has 0 amide bonds. The summed E-state index contributed by atoms with van der Waals surface area (Å²) in [7, 11) is 0. The standard InChI is InChI=1S/C18H29NO4/c1-4-11-23-15-7-5-14(6-8-15)17(20)9-10-19-16(18(21)22)12-13(2)3/h5-8,13,16-17,19-20H,4,9-12H2,1-3H3,(H,21,22)/t16-,17+/m0/s1. The van der Waals surface area contributed by atoms with E-state index in [1.165, 1.54) is 0 Å². The molecule has 5 nitrogen and oxygen atoms in total. The molecule has 0 spiro atoms. The predicted molar refractivity (Wildman–Crippen MR) is 90.7 cm³/mol. The van der Waals surface area contributed by atoms with Crippen LogP contribution in [0.3, 0.4) is 0 Å². The zero-order valence-electron chi connectivity index (χ0n) is 14.3. The molecule has 5 heteroatoms. The molecule has 0 heterocycles. The van der Waals surface area contributed by atoms with Gasteiger partial charge in [0.1, 0.15) is 11.8 Å². The number of nitrogens with one attached hydrogen (secondary N) is 1. The van der Waals surface area contributed by atoms with Crippen molar-refractivity contribution in [1.82, 2.24) is 5.32 Å². The van der Waals surface area contributed by atoms with Gasteiger partial charge in [-0.3, -0.25) is 4.79 Å². The molecule has 0 saturated heterocycles. The van der Waals surface area contributed by atoms with E-state index in [2.05, 4.69) is 12.2 Å². The molecule has 1 aromatic carbocycles. The predicted octanol–water partition coefficient (Wildman–Crippen LogP) is 2.99. The lowest BCUT2D eigenvalue weighted by molar-refractivity contribution is -0.139. The van der Waals surface area contributed by atoms with Crippen molar-refractivity contribution in [2.24, 2.45) is 5.92 Å². The number of aliphatic carboxylic acids is 1. The van der Waals surface area contributed by atoms with E-state index in [1.807, 2.05) is 38.1 Å². The summed E-state index contributed by atoms with van der Waals surface area (Å²) in [6, 6.07) is 6.82. The third-order valence-electron chi connectivity index (χ3n) is 3.55. The van der Waals surface area contributed by atoms with Crippen molar-refractivity contribution in [3.8, 4) is 5.75 Å². The fourth-order valence-corrected chi connectivity index (χ4v) is 2.31. The van der Waals surface area contributed by atoms with Crippen LogP contribution in [0, 0.1) is 5.92 Å². The smallest absolute Gasteiger partial charge is 0.320 e. The van der Waals surface area contributed by atoms with Crippen molar-refractivity contribution in [3.63, 3.8) is 0 Å². The maximum absolute atomic E-state index is 11.2. The Morgan fingerprint density at radius 2 is 1.91 bits per heavy atom. The van der Waals surface area contributed by atoms with Crippen LogP contribution in [0.2, 0.25) is 0 Å². The average Bonchev–Trinajstić information content (AvgIpc) is 2.51. The Hall–Kier alpha value is -1.59. The normalized spacial score (nSPS) is 13.8. The second-order valence-electron chi connectivity index (χ2n) is 6.20. The molecule has 0 aromatic heterocycles. The lowest BCUT2D eigenvalue weighted by Crippen LogP contribution is -2.38. The van der Waals surface area contributed by atoms with Crippen LogP contribution in [-0.2, 0) is 4.79 Å². The fourth-order valence-electron chi connectivity index (χ4n) is 2.31. The van der Waals surface area contributed by atoms with Gasteiger partial charge in [-0.05, 0) is 49.4 Å². The van der Waals surface area contributed by atoms with Gasteiger partial charge in [-0.15, -0.1) is 0 Å². The van der Waals surface area contributed by atoms with Crippen LogP contribution in [0.1, 0.15) is 51.7 Å². The Balaban J connectivity index is 2.43. The highest BCUT2D eigenvalue weighted by Gasteiger charge is 2.18. The quantitative estimate of drug-likeness (QED) is 0.583. The number of benzene rings is 1. The lowest BCUT2D eigenvalue weighted by atomic mass is 10.0. The Morgan fingerprint density at radius 3 is 2.43 bits per heavy atom. The van der Waals surface area contributed by atoms with Gasteiger partial charge in [0.25, 0.3) is 0 Å². The Morgan fingerprint density at radius 1 is 1.26 bits per heavy atom. The van der Waals surface area contributed by atoms with Crippen LogP contribution in [0.15, 0.2) is 24.3 Å². The number of carboxylic acids is 1. The first kappa shape index (κ1) is 19.5. The molecule has 130 valence electrons. The van der Waals surface area contributed by atoms with E-state index in [1.54, 1.807) is 0 Å². The Kier molecular flexibility index (Phi) is 8.66. The van der Waals surface area contributed by atoms with E-state index < -0.39 is 18.1 Å². The van der Waals surface area contributed by atoms with Crippen molar-refractivity contribution < 1.29 is 19.7 Å². The first-order valence-corrected chi connectivity index (χ1v) is 8.31. The van der Waals surface area contributed by atoms with Crippen molar-refractivity contribution in [2.75, 3.05) is 13.2 Å². The first-order chi connectivity index (χ1) is 10.9. The summed E-state index contributed by atoms with van der Waals surface area (Å²) in [5, 5.41) is 22.4. The van der Waals surface area contributed by atoms with Gasteiger partial charge in [0, 0.05) is 0 Å². The van der Waals surface area contributed by atoms with Gasteiger partial charge in [-0.25, -0.2) is 0 Å². The highest BCUT2D eigenvalue weighted by atomic mass is 16.5. The number of rotatable bonds is 11. The van der Waals surface area contributed by atoms with Gasteiger partial charge in [0.05, 0.1) is 12.7 Å². The second-order valence-corrected chi connectivity index (χ2v) is 6.20. The average molecular weight is 323 g/mol. The second kappa shape index (κ2) is 10.2. The number of carboxylic acid groups (broad SMARTS) is 1. The SMILES string of the molecule is CCCOc1ccc([C@H](O)CCN[C@@H](CC(C)C)C(=O)O)cc1. The molecule has 0 aliphatic rings. The van der Waals surface area contributed by atoms with Crippen molar-refractivity contribution in [2.45, 2.75) is 52.2 Å². The molecule has 1 aromatic rings. The zero-order valence-corrected chi connectivity index (χ0v) is 14.3. The van der Waals surface area contributed by atoms with Gasteiger partial charge in [-0.2, -0.15) is 0 Å². The van der Waals surface area contributed by atoms with Crippen molar-refractivity contribution in [1.29, 1.82) is 0 Å².